The van der Waals surface area contributed by atoms with Gasteiger partial charge in [-0.15, -0.1) is 11.8 Å². The Morgan fingerprint density at radius 3 is 2.52 bits per heavy atom. The van der Waals surface area contributed by atoms with Gasteiger partial charge in [0.2, 0.25) is 5.91 Å². The molecule has 2 unspecified atom stereocenters. The lowest BCUT2D eigenvalue weighted by molar-refractivity contribution is -0.146. The summed E-state index contributed by atoms with van der Waals surface area (Å²) in [6.07, 6.45) is -0.296. The summed E-state index contributed by atoms with van der Waals surface area (Å²) in [5.74, 6) is -1.61. The van der Waals surface area contributed by atoms with Gasteiger partial charge in [0.05, 0.1) is 25.0 Å². The molecule has 0 aromatic heterocycles. The number of nitrogens with zero attached hydrogens (tertiary/aromatic N) is 1. The van der Waals surface area contributed by atoms with E-state index in [1.54, 1.807) is 20.8 Å². The Kier molecular flexibility index (Phi) is 6.53. The number of rotatable bonds is 7. The predicted molar refractivity (Wildman–Crippen MR) is 96.8 cm³/mol. The lowest BCUT2D eigenvalue weighted by Gasteiger charge is -2.46. The Bertz CT molecular complexity index is 683. The number of hydrogen-bond donors (Lipinski definition) is 2. The maximum atomic E-state index is 12.2. The van der Waals surface area contributed by atoms with Gasteiger partial charge in [-0.3, -0.25) is 14.5 Å². The van der Waals surface area contributed by atoms with Crippen LogP contribution in [0.4, 0.5) is 4.79 Å². The molecule has 1 fully saturated rings. The van der Waals surface area contributed by atoms with Crippen LogP contribution in [-0.4, -0.2) is 63.3 Å². The van der Waals surface area contributed by atoms with Gasteiger partial charge in [-0.05, 0) is 27.7 Å². The minimum atomic E-state index is -1.27. The molecular formula is C17H24N2O7S. The van der Waals surface area contributed by atoms with Gasteiger partial charge in [0.1, 0.15) is 22.5 Å². The normalized spacial score (nSPS) is 22.1. The SMILES string of the molecule is CC(=O)CCOCC1=C(C(=O)O)N2C(=O)CC2SC1NC(=O)OC(C)(C)C. The van der Waals surface area contributed by atoms with E-state index < -0.39 is 23.0 Å². The first-order chi connectivity index (χ1) is 12.5. The number of nitrogens with one attached hydrogen (secondary N) is 1. The molecule has 2 N–H and O–H groups in total. The average molecular weight is 400 g/mol. The molecule has 27 heavy (non-hydrogen) atoms. The molecule has 0 aliphatic carbocycles. The van der Waals surface area contributed by atoms with Gasteiger partial charge in [-0.2, -0.15) is 0 Å². The molecule has 150 valence electrons. The van der Waals surface area contributed by atoms with Crippen molar-refractivity contribution in [2.24, 2.45) is 0 Å². The summed E-state index contributed by atoms with van der Waals surface area (Å²) in [5, 5.41) is 11.2. The number of aliphatic carboxylic acids is 1. The fourth-order valence-electron chi connectivity index (χ4n) is 2.60. The Hall–Kier alpha value is -2.07. The second-order valence-electron chi connectivity index (χ2n) is 7.27. The highest BCUT2D eigenvalue weighted by atomic mass is 32.2. The van der Waals surface area contributed by atoms with Crippen molar-refractivity contribution < 1.29 is 33.8 Å². The number of alkyl carbamates (subject to hydrolysis) is 1. The number of carboxylic acids is 1. The number of hydrogen-bond acceptors (Lipinski definition) is 7. The van der Waals surface area contributed by atoms with Crippen molar-refractivity contribution >= 4 is 35.5 Å². The summed E-state index contributed by atoms with van der Waals surface area (Å²) in [5.41, 5.74) is -0.635. The van der Waals surface area contributed by atoms with E-state index in [1.807, 2.05) is 0 Å². The first kappa shape index (κ1) is 21.2. The van der Waals surface area contributed by atoms with E-state index in [9.17, 15) is 24.3 Å². The molecule has 0 spiro atoms. The number of β-lactam (4-membered cyclic amide) rings is 1. The smallest absolute Gasteiger partial charge is 0.408 e. The van der Waals surface area contributed by atoms with E-state index >= 15 is 0 Å². The van der Waals surface area contributed by atoms with Crippen LogP contribution >= 0.6 is 11.8 Å². The molecule has 9 nitrogen and oxygen atoms in total. The van der Waals surface area contributed by atoms with Crippen LogP contribution in [0.1, 0.15) is 40.5 Å². The van der Waals surface area contributed by atoms with Gasteiger partial charge in [-0.25, -0.2) is 9.59 Å². The predicted octanol–water partition coefficient (Wildman–Crippen LogP) is 1.48. The number of ether oxygens (including phenoxy) is 2. The standard InChI is InChI=1S/C17H24N2O7S/c1-9(20)5-6-25-8-10-13(15(22)23)19-11(21)7-12(19)27-14(10)18-16(24)26-17(2,3)4/h12,14H,5-8H2,1-4H3,(H,18,24)(H,22,23). The number of carbonyl (C=O) groups excluding carboxylic acids is 3. The van der Waals surface area contributed by atoms with Gasteiger partial charge in [0, 0.05) is 12.0 Å². The van der Waals surface area contributed by atoms with Gasteiger partial charge in [-0.1, -0.05) is 0 Å². The summed E-state index contributed by atoms with van der Waals surface area (Å²) in [6.45, 7) is 6.58. The van der Waals surface area contributed by atoms with Crippen molar-refractivity contribution in [3.63, 3.8) is 0 Å². The van der Waals surface area contributed by atoms with Crippen molar-refractivity contribution in [2.75, 3.05) is 13.2 Å². The molecule has 2 atom stereocenters. The van der Waals surface area contributed by atoms with Crippen molar-refractivity contribution in [3.8, 4) is 0 Å². The second-order valence-corrected chi connectivity index (χ2v) is 8.56. The van der Waals surface area contributed by atoms with Gasteiger partial charge >= 0.3 is 12.1 Å². The molecule has 0 aromatic carbocycles. The summed E-state index contributed by atoms with van der Waals surface area (Å²) in [6, 6.07) is 0. The van der Waals surface area contributed by atoms with Crippen LogP contribution in [0.5, 0.6) is 0 Å². The fourth-order valence-corrected chi connectivity index (χ4v) is 4.01. The number of ketones is 1. The van der Waals surface area contributed by atoms with Crippen molar-refractivity contribution in [1.29, 1.82) is 0 Å². The number of amides is 2. The Morgan fingerprint density at radius 1 is 1.33 bits per heavy atom. The van der Waals surface area contributed by atoms with Crippen molar-refractivity contribution in [2.45, 2.75) is 56.9 Å². The molecule has 2 heterocycles. The molecule has 2 aliphatic heterocycles. The van der Waals surface area contributed by atoms with E-state index in [0.717, 1.165) is 0 Å². The highest BCUT2D eigenvalue weighted by Gasteiger charge is 2.49. The molecule has 10 heteroatoms. The van der Waals surface area contributed by atoms with Crippen LogP contribution in [0.15, 0.2) is 11.3 Å². The minimum Gasteiger partial charge on any atom is -0.477 e. The third-order valence-electron chi connectivity index (χ3n) is 3.77. The van der Waals surface area contributed by atoms with Crippen LogP contribution in [0.3, 0.4) is 0 Å². The zero-order chi connectivity index (χ0) is 20.4. The highest BCUT2D eigenvalue weighted by Crippen LogP contribution is 2.43. The maximum absolute atomic E-state index is 12.2. The van der Waals surface area contributed by atoms with Crippen molar-refractivity contribution in [3.05, 3.63) is 11.3 Å². The van der Waals surface area contributed by atoms with Crippen LogP contribution in [0.25, 0.3) is 0 Å². The van der Waals surface area contributed by atoms with Crippen LogP contribution in [0.2, 0.25) is 0 Å². The molecule has 0 radical (unpaired) electrons. The monoisotopic (exact) mass is 400 g/mol. The lowest BCUT2D eigenvalue weighted by atomic mass is 10.1. The zero-order valence-electron chi connectivity index (χ0n) is 15.7. The quantitative estimate of drug-likeness (QED) is 0.487. The van der Waals surface area contributed by atoms with Gasteiger partial charge in [0.25, 0.3) is 0 Å². The summed E-state index contributed by atoms with van der Waals surface area (Å²) in [4.78, 5) is 48.1. The first-order valence-electron chi connectivity index (χ1n) is 8.50. The summed E-state index contributed by atoms with van der Waals surface area (Å²) >= 11 is 1.26. The van der Waals surface area contributed by atoms with Crippen LogP contribution in [-0.2, 0) is 23.9 Å². The van der Waals surface area contributed by atoms with Gasteiger partial charge < -0.3 is 19.9 Å². The van der Waals surface area contributed by atoms with E-state index in [1.165, 1.54) is 23.6 Å². The van der Waals surface area contributed by atoms with E-state index in [2.05, 4.69) is 5.32 Å². The second kappa shape index (κ2) is 8.30. The number of Topliss-reactive ketones (excluding diaryl/α,β-unsaturated/α-hetero) is 1. The first-order valence-corrected chi connectivity index (χ1v) is 9.44. The Balaban J connectivity index is 2.22. The summed E-state index contributed by atoms with van der Waals surface area (Å²) in [7, 11) is 0. The molecule has 0 saturated carbocycles. The molecule has 2 amide bonds. The number of carbonyl (C=O) groups is 4. The molecule has 2 rings (SSSR count). The maximum Gasteiger partial charge on any atom is 0.408 e. The Morgan fingerprint density at radius 2 is 2.00 bits per heavy atom. The van der Waals surface area contributed by atoms with Crippen LogP contribution < -0.4 is 5.32 Å². The third-order valence-corrected chi connectivity index (χ3v) is 5.13. The molecule has 1 saturated heterocycles. The average Bonchev–Trinajstić information content (AvgIpc) is 2.49. The van der Waals surface area contributed by atoms with Crippen LogP contribution in [0, 0.1) is 0 Å². The van der Waals surface area contributed by atoms with E-state index in [0.29, 0.717) is 0 Å². The fraction of sp³-hybridized carbons (Fsp3) is 0.647. The zero-order valence-corrected chi connectivity index (χ0v) is 16.6. The largest absolute Gasteiger partial charge is 0.477 e. The number of carboxylic acid groups (broad SMARTS) is 1. The molecule has 0 bridgehead atoms. The molecular weight excluding hydrogens is 376 g/mol. The van der Waals surface area contributed by atoms with E-state index in [4.69, 9.17) is 9.47 Å². The Labute approximate surface area is 161 Å². The lowest BCUT2D eigenvalue weighted by Crippen LogP contribution is -2.57. The third kappa shape index (κ3) is 5.46. The highest BCUT2D eigenvalue weighted by molar-refractivity contribution is 8.00. The number of thioether (sulfide) groups is 1. The van der Waals surface area contributed by atoms with Crippen molar-refractivity contribution in [1.82, 2.24) is 10.2 Å². The number of fused-ring (bicyclic) bond motifs is 1. The topological polar surface area (TPSA) is 122 Å². The van der Waals surface area contributed by atoms with Gasteiger partial charge in [0.15, 0.2) is 0 Å². The van der Waals surface area contributed by atoms with E-state index in [-0.39, 0.29) is 54.4 Å². The molecule has 0 aromatic rings. The molecule has 2 aliphatic rings. The minimum absolute atomic E-state index is 0.0538. The summed E-state index contributed by atoms with van der Waals surface area (Å²) < 4.78 is 10.7.